The summed E-state index contributed by atoms with van der Waals surface area (Å²) in [6, 6.07) is 70.7. The molecule has 6 heteroatoms. The van der Waals surface area contributed by atoms with Gasteiger partial charge in [-0.25, -0.2) is 0 Å². The Morgan fingerprint density at radius 2 is 0.571 bits per heavy atom. The molecule has 0 aliphatic rings. The molecule has 0 spiro atoms. The Balaban J connectivity index is 1.46. The predicted molar refractivity (Wildman–Crippen MR) is 235 cm³/mol. The summed E-state index contributed by atoms with van der Waals surface area (Å²) in [6.07, 6.45) is 0. The largest absolute Gasteiger partial charge is 0.496 e. The van der Waals surface area contributed by atoms with Gasteiger partial charge in [0.1, 0.15) is 23.0 Å². The van der Waals surface area contributed by atoms with Crippen LogP contribution in [0.15, 0.2) is 206 Å². The second-order valence-electron chi connectivity index (χ2n) is 12.9. The van der Waals surface area contributed by atoms with Crippen molar-refractivity contribution in [3.8, 4) is 56.4 Å². The lowest BCUT2D eigenvalue weighted by Gasteiger charge is -2.28. The lowest BCUT2D eigenvalue weighted by Crippen LogP contribution is -2.17. The quantitative estimate of drug-likeness (QED) is 0.110. The van der Waals surface area contributed by atoms with E-state index in [9.17, 15) is 0 Å². The van der Waals surface area contributed by atoms with Crippen molar-refractivity contribution in [1.29, 1.82) is 0 Å². The van der Waals surface area contributed by atoms with Crippen molar-refractivity contribution in [3.63, 3.8) is 0 Å². The maximum absolute atomic E-state index is 7.55. The molecule has 0 radical (unpaired) electrons. The van der Waals surface area contributed by atoms with Gasteiger partial charge in [-0.2, -0.15) is 0 Å². The fraction of sp³-hybridized carbons (Fsp3) is 0.0400. The molecule has 0 saturated carbocycles. The molecular weight excluding hydrogens is 726 g/mol. The summed E-state index contributed by atoms with van der Waals surface area (Å²) < 4.78 is 27.7. The first-order valence-electron chi connectivity index (χ1n) is 18.4. The Bertz CT molecular complexity index is 2230. The van der Waals surface area contributed by atoms with E-state index >= 15 is 0 Å². The summed E-state index contributed by atoms with van der Waals surface area (Å²) in [5.74, 6) is 2.61. The van der Waals surface area contributed by atoms with Crippen LogP contribution in [0.3, 0.4) is 0 Å². The zero-order valence-electron chi connectivity index (χ0n) is 31.2. The molecule has 0 aromatic heterocycles. The van der Waals surface area contributed by atoms with E-state index in [0.717, 1.165) is 54.6 Å². The van der Waals surface area contributed by atoms with Crippen molar-refractivity contribution in [2.45, 2.75) is 0 Å². The van der Waals surface area contributed by atoms with Crippen LogP contribution in [-0.2, 0) is 0 Å². The molecule has 0 bridgehead atoms. The van der Waals surface area contributed by atoms with Crippen LogP contribution in [0, 0.1) is 0 Å². The molecular formula is C50H40O4P2. The standard InChI is InChI=1S/C50H40O4P2/c1-51-45-35-33-43(37-21-9-3-10-22-37)49(53-55(39-25-13-5-14-26-39)40-27-15-6-16-28-40)47(45)48-46(52-2)36-34-44(38-23-11-4-12-24-38)50(48)54-56(41-29-17-7-18-30-41)42-31-19-8-20-32-42/h3-36H,1-2H3. The number of methoxy groups -OCH3 is 2. The van der Waals surface area contributed by atoms with Gasteiger partial charge in [0, 0.05) is 32.3 Å². The van der Waals surface area contributed by atoms with Crippen molar-refractivity contribution in [2.75, 3.05) is 14.2 Å². The monoisotopic (exact) mass is 766 g/mol. The lowest BCUT2D eigenvalue weighted by molar-refractivity contribution is 0.407. The van der Waals surface area contributed by atoms with E-state index in [1.807, 2.05) is 48.5 Å². The number of ether oxygens (including phenoxy) is 2. The second kappa shape index (κ2) is 17.5. The molecule has 0 aliphatic carbocycles. The minimum absolute atomic E-state index is 0.632. The Morgan fingerprint density at radius 1 is 0.304 bits per heavy atom. The highest BCUT2D eigenvalue weighted by molar-refractivity contribution is 7.69. The molecule has 0 amide bonds. The van der Waals surface area contributed by atoms with Gasteiger partial charge in [0.05, 0.1) is 25.3 Å². The molecule has 8 rings (SSSR count). The van der Waals surface area contributed by atoms with Crippen LogP contribution in [0.25, 0.3) is 33.4 Å². The molecule has 4 nitrogen and oxygen atoms in total. The fourth-order valence-electron chi connectivity index (χ4n) is 6.77. The third kappa shape index (κ3) is 7.81. The van der Waals surface area contributed by atoms with Gasteiger partial charge < -0.3 is 18.5 Å². The third-order valence-electron chi connectivity index (χ3n) is 9.43. The normalized spacial score (nSPS) is 11.0. The van der Waals surface area contributed by atoms with Crippen LogP contribution in [-0.4, -0.2) is 14.2 Å². The Kier molecular flexibility index (Phi) is 11.5. The minimum Gasteiger partial charge on any atom is -0.496 e. The third-order valence-corrected chi connectivity index (χ3v) is 13.2. The summed E-state index contributed by atoms with van der Waals surface area (Å²) in [4.78, 5) is 0. The predicted octanol–water partition coefficient (Wildman–Crippen LogP) is 11.6. The van der Waals surface area contributed by atoms with Crippen molar-refractivity contribution in [3.05, 3.63) is 206 Å². The summed E-state index contributed by atoms with van der Waals surface area (Å²) in [6.45, 7) is 0. The van der Waals surface area contributed by atoms with Crippen LogP contribution >= 0.6 is 16.3 Å². The van der Waals surface area contributed by atoms with Crippen molar-refractivity contribution >= 4 is 37.5 Å². The van der Waals surface area contributed by atoms with E-state index in [2.05, 4.69) is 158 Å². The van der Waals surface area contributed by atoms with Gasteiger partial charge in [-0.05, 0) is 35.4 Å². The maximum atomic E-state index is 7.55. The van der Waals surface area contributed by atoms with Gasteiger partial charge in [0.15, 0.2) is 16.3 Å². The fourth-order valence-corrected chi connectivity index (χ4v) is 10.3. The summed E-state index contributed by atoms with van der Waals surface area (Å²) >= 11 is 0. The maximum Gasteiger partial charge on any atom is 0.150 e. The molecule has 8 aromatic rings. The number of benzene rings is 8. The lowest BCUT2D eigenvalue weighted by atomic mass is 9.92. The van der Waals surface area contributed by atoms with Crippen molar-refractivity contribution < 1.29 is 18.5 Å². The molecule has 0 heterocycles. The zero-order valence-corrected chi connectivity index (χ0v) is 32.9. The highest BCUT2D eigenvalue weighted by Crippen LogP contribution is 2.57. The van der Waals surface area contributed by atoms with E-state index in [-0.39, 0.29) is 0 Å². The van der Waals surface area contributed by atoms with E-state index in [0.29, 0.717) is 23.0 Å². The summed E-state index contributed by atoms with van der Waals surface area (Å²) in [5.41, 5.74) is 5.36. The second-order valence-corrected chi connectivity index (χ2v) is 16.5. The van der Waals surface area contributed by atoms with Gasteiger partial charge in [-0.3, -0.25) is 0 Å². The zero-order chi connectivity index (χ0) is 38.1. The highest BCUT2D eigenvalue weighted by Gasteiger charge is 2.31. The first-order chi connectivity index (χ1) is 27.7. The van der Waals surface area contributed by atoms with Crippen molar-refractivity contribution in [1.82, 2.24) is 0 Å². The molecule has 0 fully saturated rings. The smallest absolute Gasteiger partial charge is 0.150 e. The van der Waals surface area contributed by atoms with Crippen LogP contribution in [0.5, 0.6) is 23.0 Å². The molecule has 0 N–H and O–H groups in total. The molecule has 274 valence electrons. The Morgan fingerprint density at radius 3 is 0.839 bits per heavy atom. The van der Waals surface area contributed by atoms with Gasteiger partial charge >= 0.3 is 0 Å². The average Bonchev–Trinajstić information content (AvgIpc) is 3.28. The van der Waals surface area contributed by atoms with Gasteiger partial charge in [0.2, 0.25) is 0 Å². The molecule has 0 saturated heterocycles. The molecule has 56 heavy (non-hydrogen) atoms. The summed E-state index contributed by atoms with van der Waals surface area (Å²) in [7, 11) is 0.701. The van der Waals surface area contributed by atoms with E-state index in [1.165, 1.54) is 0 Å². The van der Waals surface area contributed by atoms with Crippen LogP contribution < -0.4 is 39.7 Å². The number of hydrogen-bond acceptors (Lipinski definition) is 4. The Hall–Kier alpha value is -6.18. The molecule has 0 atom stereocenters. The Labute approximate surface area is 331 Å². The van der Waals surface area contributed by atoms with Gasteiger partial charge in [-0.1, -0.05) is 182 Å². The van der Waals surface area contributed by atoms with Crippen LogP contribution in [0.2, 0.25) is 0 Å². The topological polar surface area (TPSA) is 36.9 Å². The molecule has 8 aromatic carbocycles. The SMILES string of the molecule is COc1ccc(-c2ccccc2)c(OP(c2ccccc2)c2ccccc2)c1-c1c(OC)ccc(-c2ccccc2)c1OP(c1ccccc1)c1ccccc1. The highest BCUT2D eigenvalue weighted by atomic mass is 31.1. The van der Waals surface area contributed by atoms with Gasteiger partial charge in [0.25, 0.3) is 0 Å². The van der Waals surface area contributed by atoms with Crippen LogP contribution in [0.4, 0.5) is 0 Å². The number of hydrogen-bond donors (Lipinski definition) is 0. The van der Waals surface area contributed by atoms with E-state index in [1.54, 1.807) is 14.2 Å². The van der Waals surface area contributed by atoms with E-state index in [4.69, 9.17) is 18.5 Å². The minimum atomic E-state index is -1.35. The first-order valence-corrected chi connectivity index (χ1v) is 20.9. The first kappa shape index (κ1) is 36.8. The van der Waals surface area contributed by atoms with Crippen LogP contribution in [0.1, 0.15) is 0 Å². The molecule has 0 aliphatic heterocycles. The van der Waals surface area contributed by atoms with E-state index < -0.39 is 16.3 Å². The number of rotatable bonds is 13. The summed E-state index contributed by atoms with van der Waals surface area (Å²) in [5, 5.41) is 4.33. The van der Waals surface area contributed by atoms with Gasteiger partial charge in [-0.15, -0.1) is 0 Å². The van der Waals surface area contributed by atoms with Crippen molar-refractivity contribution in [2.24, 2.45) is 0 Å². The average molecular weight is 767 g/mol. The molecule has 0 unspecified atom stereocenters.